The lowest BCUT2D eigenvalue weighted by atomic mass is 10.0. The van der Waals surface area contributed by atoms with E-state index in [-0.39, 0.29) is 11.9 Å². The van der Waals surface area contributed by atoms with E-state index in [0.717, 1.165) is 17.5 Å². The highest BCUT2D eigenvalue weighted by molar-refractivity contribution is 5.93. The van der Waals surface area contributed by atoms with Crippen molar-refractivity contribution in [3.63, 3.8) is 0 Å². The van der Waals surface area contributed by atoms with Gasteiger partial charge in [0.1, 0.15) is 0 Å². The van der Waals surface area contributed by atoms with Gasteiger partial charge >= 0.3 is 0 Å². The maximum absolute atomic E-state index is 11.7. The van der Waals surface area contributed by atoms with Crippen molar-refractivity contribution in [2.24, 2.45) is 5.73 Å². The Morgan fingerprint density at radius 3 is 2.60 bits per heavy atom. The van der Waals surface area contributed by atoms with Gasteiger partial charge in [0.05, 0.1) is 6.04 Å². The average Bonchev–Trinajstić information content (AvgIpc) is 2.42. The van der Waals surface area contributed by atoms with Crippen LogP contribution in [0.3, 0.4) is 0 Å². The summed E-state index contributed by atoms with van der Waals surface area (Å²) in [5, 5.41) is 6.01. The van der Waals surface area contributed by atoms with Gasteiger partial charge in [-0.05, 0) is 43.5 Å². The Hall–Kier alpha value is -1.88. The molecule has 1 atom stereocenters. The first-order valence-electron chi connectivity index (χ1n) is 6.86. The quantitative estimate of drug-likeness (QED) is 0.697. The molecule has 5 nitrogen and oxygen atoms in total. The zero-order chi connectivity index (χ0) is 15.1. The molecule has 0 bridgehead atoms. The fourth-order valence-electron chi connectivity index (χ4n) is 1.80. The fraction of sp³-hybridized carbons (Fsp3) is 0.467. The number of carbonyl (C=O) groups excluding carboxylic acids is 2. The Labute approximate surface area is 119 Å². The van der Waals surface area contributed by atoms with E-state index in [1.165, 1.54) is 0 Å². The highest BCUT2D eigenvalue weighted by Gasteiger charge is 2.12. The van der Waals surface area contributed by atoms with Crippen molar-refractivity contribution in [2.75, 3.05) is 6.54 Å². The molecule has 1 aromatic carbocycles. The van der Waals surface area contributed by atoms with Crippen LogP contribution in [0.2, 0.25) is 0 Å². The molecule has 0 aliphatic heterocycles. The van der Waals surface area contributed by atoms with Gasteiger partial charge in [0.25, 0.3) is 0 Å². The summed E-state index contributed by atoms with van der Waals surface area (Å²) in [7, 11) is 0. The Bertz CT molecular complexity index is 486. The molecule has 20 heavy (non-hydrogen) atoms. The predicted octanol–water partition coefficient (Wildman–Crippen LogP) is 1.10. The topological polar surface area (TPSA) is 84.2 Å². The molecule has 0 radical (unpaired) electrons. The van der Waals surface area contributed by atoms with E-state index in [1.54, 1.807) is 12.1 Å². The lowest BCUT2D eigenvalue weighted by Crippen LogP contribution is -2.42. The molecule has 1 unspecified atom stereocenters. The molecule has 4 N–H and O–H groups in total. The second kappa shape index (κ2) is 7.65. The van der Waals surface area contributed by atoms with Gasteiger partial charge in [0, 0.05) is 18.7 Å². The largest absolute Gasteiger partial charge is 0.366 e. The van der Waals surface area contributed by atoms with Gasteiger partial charge in [-0.25, -0.2) is 0 Å². The Kier molecular flexibility index (Phi) is 6.18. The Morgan fingerprint density at radius 2 is 2.05 bits per heavy atom. The van der Waals surface area contributed by atoms with Crippen LogP contribution in [0.25, 0.3) is 0 Å². The number of hydrogen-bond donors (Lipinski definition) is 3. The van der Waals surface area contributed by atoms with Gasteiger partial charge in [-0.15, -0.1) is 0 Å². The summed E-state index contributed by atoms with van der Waals surface area (Å²) in [6.07, 6.45) is 0.923. The van der Waals surface area contributed by atoms with E-state index in [1.807, 2.05) is 26.8 Å². The zero-order valence-corrected chi connectivity index (χ0v) is 12.3. The second-order valence-electron chi connectivity index (χ2n) is 4.90. The molecule has 1 aromatic rings. The SMILES string of the molecule is CCCNC(=O)C(C)NCc1ccc(C(N)=O)cc1C. The van der Waals surface area contributed by atoms with Crippen molar-refractivity contribution < 1.29 is 9.59 Å². The number of aryl methyl sites for hydroxylation is 1. The van der Waals surface area contributed by atoms with Crippen LogP contribution in [0.15, 0.2) is 18.2 Å². The molecule has 1 rings (SSSR count). The van der Waals surface area contributed by atoms with Crippen LogP contribution in [-0.4, -0.2) is 24.4 Å². The summed E-state index contributed by atoms with van der Waals surface area (Å²) >= 11 is 0. The lowest BCUT2D eigenvalue weighted by Gasteiger charge is -2.15. The number of rotatable bonds is 7. The maximum Gasteiger partial charge on any atom is 0.248 e. The number of primary amides is 1. The van der Waals surface area contributed by atoms with Crippen LogP contribution in [0, 0.1) is 6.92 Å². The van der Waals surface area contributed by atoms with Crippen LogP contribution in [0.1, 0.15) is 41.8 Å². The molecule has 0 saturated heterocycles. The molecular formula is C15H23N3O2. The highest BCUT2D eigenvalue weighted by atomic mass is 16.2. The molecule has 0 aliphatic rings. The van der Waals surface area contributed by atoms with Crippen molar-refractivity contribution in [1.82, 2.24) is 10.6 Å². The minimum Gasteiger partial charge on any atom is -0.366 e. The Morgan fingerprint density at radius 1 is 1.35 bits per heavy atom. The highest BCUT2D eigenvalue weighted by Crippen LogP contribution is 2.11. The molecular weight excluding hydrogens is 254 g/mol. The summed E-state index contributed by atoms with van der Waals surface area (Å²) in [5.74, 6) is -0.432. The van der Waals surface area contributed by atoms with Gasteiger partial charge in [-0.1, -0.05) is 13.0 Å². The van der Waals surface area contributed by atoms with Gasteiger partial charge in [-0.3, -0.25) is 9.59 Å². The van der Waals surface area contributed by atoms with Gasteiger partial charge in [0.15, 0.2) is 0 Å². The molecule has 0 spiro atoms. The minimum absolute atomic E-state index is 0.00161. The molecule has 110 valence electrons. The molecule has 0 fully saturated rings. The van der Waals surface area contributed by atoms with Crippen molar-refractivity contribution in [3.8, 4) is 0 Å². The second-order valence-corrected chi connectivity index (χ2v) is 4.90. The van der Waals surface area contributed by atoms with Crippen LogP contribution >= 0.6 is 0 Å². The smallest absolute Gasteiger partial charge is 0.248 e. The predicted molar refractivity (Wildman–Crippen MR) is 79.3 cm³/mol. The van der Waals surface area contributed by atoms with E-state index in [4.69, 9.17) is 5.73 Å². The Balaban J connectivity index is 2.57. The number of nitrogens with one attached hydrogen (secondary N) is 2. The van der Waals surface area contributed by atoms with E-state index in [2.05, 4.69) is 10.6 Å². The summed E-state index contributed by atoms with van der Waals surface area (Å²) < 4.78 is 0. The minimum atomic E-state index is -0.431. The van der Waals surface area contributed by atoms with Crippen molar-refractivity contribution in [3.05, 3.63) is 34.9 Å². The van der Waals surface area contributed by atoms with Gasteiger partial charge in [0.2, 0.25) is 11.8 Å². The van der Waals surface area contributed by atoms with E-state index < -0.39 is 5.91 Å². The number of hydrogen-bond acceptors (Lipinski definition) is 3. The zero-order valence-electron chi connectivity index (χ0n) is 12.3. The van der Waals surface area contributed by atoms with Crippen molar-refractivity contribution in [2.45, 2.75) is 39.8 Å². The summed E-state index contributed by atoms with van der Waals surface area (Å²) in [4.78, 5) is 22.8. The van der Waals surface area contributed by atoms with Gasteiger partial charge in [-0.2, -0.15) is 0 Å². The number of carbonyl (C=O) groups is 2. The molecule has 0 heterocycles. The molecule has 0 aliphatic carbocycles. The van der Waals surface area contributed by atoms with Crippen LogP contribution < -0.4 is 16.4 Å². The normalized spacial score (nSPS) is 11.9. The third kappa shape index (κ3) is 4.66. The summed E-state index contributed by atoms with van der Waals surface area (Å²) in [5.41, 5.74) is 7.76. The summed E-state index contributed by atoms with van der Waals surface area (Å²) in [6.45, 7) is 7.04. The number of nitrogens with two attached hydrogens (primary N) is 1. The van der Waals surface area contributed by atoms with Crippen LogP contribution in [0.4, 0.5) is 0 Å². The lowest BCUT2D eigenvalue weighted by molar-refractivity contribution is -0.122. The summed E-state index contributed by atoms with van der Waals surface area (Å²) in [6, 6.07) is 5.07. The first-order valence-corrected chi connectivity index (χ1v) is 6.86. The van der Waals surface area contributed by atoms with Crippen molar-refractivity contribution >= 4 is 11.8 Å². The first-order chi connectivity index (χ1) is 9.45. The van der Waals surface area contributed by atoms with E-state index in [9.17, 15) is 9.59 Å². The van der Waals surface area contributed by atoms with Gasteiger partial charge < -0.3 is 16.4 Å². The number of benzene rings is 1. The third-order valence-electron chi connectivity index (χ3n) is 3.17. The van der Waals surface area contributed by atoms with E-state index >= 15 is 0 Å². The van der Waals surface area contributed by atoms with Crippen LogP contribution in [0.5, 0.6) is 0 Å². The third-order valence-corrected chi connectivity index (χ3v) is 3.17. The standard InChI is InChI=1S/C15H23N3O2/c1-4-7-17-15(20)11(3)18-9-13-6-5-12(14(16)19)8-10(13)2/h5-6,8,11,18H,4,7,9H2,1-3H3,(H2,16,19)(H,17,20). The molecule has 2 amide bonds. The fourth-order valence-corrected chi connectivity index (χ4v) is 1.80. The maximum atomic E-state index is 11.7. The average molecular weight is 277 g/mol. The number of amides is 2. The first kappa shape index (κ1) is 16.2. The van der Waals surface area contributed by atoms with Crippen LogP contribution in [-0.2, 0) is 11.3 Å². The monoisotopic (exact) mass is 277 g/mol. The molecule has 0 aromatic heterocycles. The van der Waals surface area contributed by atoms with E-state index in [0.29, 0.717) is 18.7 Å². The molecule has 5 heteroatoms. The van der Waals surface area contributed by atoms with Crippen molar-refractivity contribution in [1.29, 1.82) is 0 Å². The molecule has 0 saturated carbocycles.